The van der Waals surface area contributed by atoms with Crippen LogP contribution in [0.25, 0.3) is 0 Å². The van der Waals surface area contributed by atoms with E-state index in [1.54, 1.807) is 6.07 Å². The summed E-state index contributed by atoms with van der Waals surface area (Å²) in [4.78, 5) is 11.7. The molecule has 0 atom stereocenters. The molecule has 0 fully saturated rings. The van der Waals surface area contributed by atoms with Crippen LogP contribution in [0, 0.1) is 13.8 Å². The van der Waals surface area contributed by atoms with Crippen LogP contribution in [-0.4, -0.2) is 21.9 Å². The zero-order valence-electron chi connectivity index (χ0n) is 12.0. The lowest BCUT2D eigenvalue weighted by Crippen LogP contribution is -2.20. The van der Waals surface area contributed by atoms with E-state index < -0.39 is 0 Å². The number of rotatable bonds is 5. The fourth-order valence-electron chi connectivity index (χ4n) is 1.92. The van der Waals surface area contributed by atoms with Gasteiger partial charge in [-0.05, 0) is 26.0 Å². The lowest BCUT2D eigenvalue weighted by Gasteiger charge is -2.03. The Morgan fingerprint density at radius 1 is 1.43 bits per heavy atom. The summed E-state index contributed by atoms with van der Waals surface area (Å²) >= 11 is 5.98. The second-order valence-electron chi connectivity index (χ2n) is 4.71. The molecule has 0 spiro atoms. The van der Waals surface area contributed by atoms with Crippen LogP contribution < -0.4 is 5.43 Å². The first-order valence-electron chi connectivity index (χ1n) is 6.64. The Bertz CT molecular complexity index is 663. The van der Waals surface area contributed by atoms with Gasteiger partial charge in [-0.15, -0.1) is 0 Å². The highest BCUT2D eigenvalue weighted by Gasteiger charge is 2.04. The molecule has 5 nitrogen and oxygen atoms in total. The number of benzene rings is 1. The highest BCUT2D eigenvalue weighted by Crippen LogP contribution is 2.12. The predicted molar refractivity (Wildman–Crippen MR) is 83.5 cm³/mol. The third kappa shape index (κ3) is 4.43. The molecule has 1 aromatic carbocycles. The maximum atomic E-state index is 11.7. The molecule has 1 N–H and O–H groups in total. The van der Waals surface area contributed by atoms with Gasteiger partial charge in [-0.1, -0.05) is 29.8 Å². The van der Waals surface area contributed by atoms with E-state index in [2.05, 4.69) is 15.6 Å². The molecular formula is C15H17ClN4O. The summed E-state index contributed by atoms with van der Waals surface area (Å²) in [6, 6.07) is 9.28. The van der Waals surface area contributed by atoms with Crippen LogP contribution in [0.2, 0.25) is 5.02 Å². The zero-order chi connectivity index (χ0) is 15.2. The average molecular weight is 305 g/mol. The van der Waals surface area contributed by atoms with Crippen LogP contribution in [0.4, 0.5) is 0 Å². The van der Waals surface area contributed by atoms with Crippen molar-refractivity contribution in [1.82, 2.24) is 15.2 Å². The van der Waals surface area contributed by atoms with Crippen LogP contribution in [-0.2, 0) is 11.3 Å². The van der Waals surface area contributed by atoms with E-state index >= 15 is 0 Å². The van der Waals surface area contributed by atoms with Crippen molar-refractivity contribution < 1.29 is 4.79 Å². The minimum Gasteiger partial charge on any atom is -0.273 e. The van der Waals surface area contributed by atoms with E-state index in [9.17, 15) is 4.79 Å². The van der Waals surface area contributed by atoms with Crippen LogP contribution in [0.15, 0.2) is 35.4 Å². The minimum absolute atomic E-state index is 0.161. The van der Waals surface area contributed by atoms with Crippen LogP contribution >= 0.6 is 11.6 Å². The fraction of sp³-hybridized carbons (Fsp3) is 0.267. The number of amides is 1. The number of halogens is 1. The highest BCUT2D eigenvalue weighted by atomic mass is 35.5. The van der Waals surface area contributed by atoms with Gasteiger partial charge in [0.15, 0.2) is 0 Å². The Hall–Kier alpha value is -2.14. The Morgan fingerprint density at radius 3 is 2.86 bits per heavy atom. The van der Waals surface area contributed by atoms with Gasteiger partial charge in [0.1, 0.15) is 0 Å². The number of carbonyl (C=O) groups is 1. The molecule has 0 saturated carbocycles. The molecule has 0 saturated heterocycles. The Balaban J connectivity index is 1.83. The number of nitrogens with zero attached hydrogens (tertiary/aromatic N) is 3. The standard InChI is InChI=1S/C15H17ClN4O/c1-11-9-12(2)20(19-11)8-7-15(21)18-17-10-13-5-3-4-6-14(13)16/h3-6,9-10H,7-8H2,1-2H3,(H,18,21). The third-order valence-corrected chi connectivity index (χ3v) is 3.30. The zero-order valence-corrected chi connectivity index (χ0v) is 12.8. The second kappa shape index (κ2) is 7.04. The summed E-state index contributed by atoms with van der Waals surface area (Å²) in [7, 11) is 0. The summed E-state index contributed by atoms with van der Waals surface area (Å²) in [5, 5.41) is 8.80. The molecular weight excluding hydrogens is 288 g/mol. The van der Waals surface area contributed by atoms with Gasteiger partial charge in [0, 0.05) is 22.7 Å². The van der Waals surface area contributed by atoms with Gasteiger partial charge in [0.25, 0.3) is 0 Å². The maximum Gasteiger partial charge on any atom is 0.241 e. The number of aryl methyl sites for hydroxylation is 3. The number of aromatic nitrogens is 2. The van der Waals surface area contributed by atoms with Gasteiger partial charge in [0.05, 0.1) is 18.5 Å². The van der Waals surface area contributed by atoms with Crippen molar-refractivity contribution in [2.24, 2.45) is 5.10 Å². The molecule has 110 valence electrons. The third-order valence-electron chi connectivity index (χ3n) is 2.95. The Morgan fingerprint density at radius 2 is 2.19 bits per heavy atom. The first-order chi connectivity index (χ1) is 10.1. The molecule has 0 aliphatic rings. The molecule has 0 radical (unpaired) electrons. The summed E-state index contributed by atoms with van der Waals surface area (Å²) in [5.41, 5.74) is 5.24. The van der Waals surface area contributed by atoms with E-state index in [4.69, 9.17) is 11.6 Å². The lowest BCUT2D eigenvalue weighted by atomic mass is 10.2. The first kappa shape index (κ1) is 15.3. The SMILES string of the molecule is Cc1cc(C)n(CCC(=O)NN=Cc2ccccc2Cl)n1. The maximum absolute atomic E-state index is 11.7. The van der Waals surface area contributed by atoms with Gasteiger partial charge in [-0.3, -0.25) is 9.48 Å². The van der Waals surface area contributed by atoms with Crippen molar-refractivity contribution in [1.29, 1.82) is 0 Å². The summed E-state index contributed by atoms with van der Waals surface area (Å²) < 4.78 is 1.81. The Labute approximate surface area is 128 Å². The van der Waals surface area contributed by atoms with Gasteiger partial charge >= 0.3 is 0 Å². The second-order valence-corrected chi connectivity index (χ2v) is 5.12. The van der Waals surface area contributed by atoms with Crippen molar-refractivity contribution in [3.63, 3.8) is 0 Å². The average Bonchev–Trinajstić information content (AvgIpc) is 2.77. The first-order valence-corrected chi connectivity index (χ1v) is 7.01. The highest BCUT2D eigenvalue weighted by molar-refractivity contribution is 6.33. The topological polar surface area (TPSA) is 59.3 Å². The van der Waals surface area contributed by atoms with Gasteiger partial charge in [-0.2, -0.15) is 10.2 Å². The monoisotopic (exact) mass is 304 g/mol. The van der Waals surface area contributed by atoms with Crippen molar-refractivity contribution in [3.05, 3.63) is 52.3 Å². The van der Waals surface area contributed by atoms with Gasteiger partial charge < -0.3 is 0 Å². The lowest BCUT2D eigenvalue weighted by molar-refractivity contribution is -0.121. The van der Waals surface area contributed by atoms with E-state index in [0.29, 0.717) is 18.0 Å². The van der Waals surface area contributed by atoms with E-state index in [0.717, 1.165) is 17.0 Å². The van der Waals surface area contributed by atoms with Gasteiger partial charge in [-0.25, -0.2) is 5.43 Å². The van der Waals surface area contributed by atoms with Crippen LogP contribution in [0.3, 0.4) is 0 Å². The predicted octanol–water partition coefficient (Wildman–Crippen LogP) is 2.69. The molecule has 0 aliphatic heterocycles. The van der Waals surface area contributed by atoms with Crippen molar-refractivity contribution in [2.45, 2.75) is 26.8 Å². The van der Waals surface area contributed by atoms with E-state index in [1.807, 2.05) is 42.8 Å². The summed E-state index contributed by atoms with van der Waals surface area (Å²) in [5.74, 6) is -0.161. The summed E-state index contributed by atoms with van der Waals surface area (Å²) in [6.07, 6.45) is 1.85. The molecule has 0 aliphatic carbocycles. The van der Waals surface area contributed by atoms with E-state index in [1.165, 1.54) is 6.21 Å². The molecule has 1 amide bonds. The Kier molecular flexibility index (Phi) is 5.11. The van der Waals surface area contributed by atoms with Crippen molar-refractivity contribution in [3.8, 4) is 0 Å². The molecule has 0 bridgehead atoms. The number of carbonyl (C=O) groups excluding carboxylic acids is 1. The minimum atomic E-state index is -0.161. The molecule has 2 aromatic rings. The molecule has 0 unspecified atom stereocenters. The fourth-order valence-corrected chi connectivity index (χ4v) is 2.10. The quantitative estimate of drug-likeness (QED) is 0.682. The van der Waals surface area contributed by atoms with Crippen molar-refractivity contribution >= 4 is 23.7 Å². The smallest absolute Gasteiger partial charge is 0.241 e. The largest absolute Gasteiger partial charge is 0.273 e. The number of hydrazone groups is 1. The molecule has 21 heavy (non-hydrogen) atoms. The molecule has 1 heterocycles. The normalized spacial score (nSPS) is 11.0. The summed E-state index contributed by atoms with van der Waals surface area (Å²) in [6.45, 7) is 4.43. The molecule has 2 rings (SSSR count). The van der Waals surface area contributed by atoms with Crippen molar-refractivity contribution in [2.75, 3.05) is 0 Å². The molecule has 1 aromatic heterocycles. The molecule has 6 heteroatoms. The van der Waals surface area contributed by atoms with E-state index in [-0.39, 0.29) is 5.91 Å². The van der Waals surface area contributed by atoms with Crippen LogP contribution in [0.1, 0.15) is 23.4 Å². The van der Waals surface area contributed by atoms with Crippen LogP contribution in [0.5, 0.6) is 0 Å². The van der Waals surface area contributed by atoms with Gasteiger partial charge in [0.2, 0.25) is 5.91 Å². The number of hydrogen-bond acceptors (Lipinski definition) is 3. The number of hydrogen-bond donors (Lipinski definition) is 1. The number of nitrogens with one attached hydrogen (secondary N) is 1.